The van der Waals surface area contributed by atoms with Crippen LogP contribution < -0.4 is 0 Å². The van der Waals surface area contributed by atoms with E-state index in [1.165, 1.54) is 5.56 Å². The number of aromatic nitrogens is 1. The number of nitrogens with one attached hydrogen (secondary N) is 1. The molecule has 4 heteroatoms. The summed E-state index contributed by atoms with van der Waals surface area (Å²) in [6, 6.07) is 12.1. The van der Waals surface area contributed by atoms with E-state index in [2.05, 4.69) is 48.1 Å². The Balaban J connectivity index is 2.17. The summed E-state index contributed by atoms with van der Waals surface area (Å²) in [7, 11) is 1.60. The smallest absolute Gasteiger partial charge is 0.197 e. The lowest BCUT2D eigenvalue weighted by Gasteiger charge is -2.15. The van der Waals surface area contributed by atoms with Gasteiger partial charge in [-0.1, -0.05) is 38.1 Å². The van der Waals surface area contributed by atoms with Crippen LogP contribution in [0, 0.1) is 11.3 Å². The van der Waals surface area contributed by atoms with Crippen molar-refractivity contribution in [1.82, 2.24) is 4.98 Å². The van der Waals surface area contributed by atoms with Crippen molar-refractivity contribution < 1.29 is 4.74 Å². The first kappa shape index (κ1) is 17.9. The number of benzene rings is 1. The summed E-state index contributed by atoms with van der Waals surface area (Å²) in [6.45, 7) is 6.48. The molecular weight excluding hydrogens is 298 g/mol. The number of ether oxygens (including phenoxy) is 1. The van der Waals surface area contributed by atoms with Crippen LogP contribution in [0.3, 0.4) is 0 Å². The molecule has 1 N–H and O–H groups in total. The number of hydrogen-bond donors (Lipinski definition) is 1. The third-order valence-corrected chi connectivity index (χ3v) is 3.88. The van der Waals surface area contributed by atoms with Crippen molar-refractivity contribution in [3.05, 3.63) is 65.5 Å². The first-order chi connectivity index (χ1) is 11.5. The Labute approximate surface area is 144 Å². The molecular formula is C20H25N3O. The van der Waals surface area contributed by atoms with Crippen LogP contribution in [0.2, 0.25) is 0 Å². The topological polar surface area (TPSA) is 58.3 Å². The fraction of sp³-hybridized carbons (Fsp3) is 0.350. The number of pyridine rings is 1. The molecule has 24 heavy (non-hydrogen) atoms. The Bertz CT molecular complexity index is 691. The number of hydrogen-bond acceptors (Lipinski definition) is 3. The van der Waals surface area contributed by atoms with Crippen molar-refractivity contribution in [2.45, 2.75) is 33.1 Å². The Morgan fingerprint density at radius 2 is 1.71 bits per heavy atom. The van der Waals surface area contributed by atoms with Gasteiger partial charge in [0.15, 0.2) is 11.7 Å². The minimum atomic E-state index is -0.00899. The lowest BCUT2D eigenvalue weighted by atomic mass is 9.96. The first-order valence-corrected chi connectivity index (χ1v) is 8.21. The van der Waals surface area contributed by atoms with Gasteiger partial charge in [-0.3, -0.25) is 10.4 Å². The number of aliphatic imine (C=N–C) groups is 1. The molecule has 126 valence electrons. The van der Waals surface area contributed by atoms with Crippen molar-refractivity contribution in [3.8, 4) is 0 Å². The summed E-state index contributed by atoms with van der Waals surface area (Å²) in [6.07, 6.45) is 4.39. The summed E-state index contributed by atoms with van der Waals surface area (Å²) >= 11 is 0. The largest absolute Gasteiger partial charge is 0.484 e. The van der Waals surface area contributed by atoms with Crippen LogP contribution in [-0.2, 0) is 11.2 Å². The zero-order chi connectivity index (χ0) is 17.5. The van der Waals surface area contributed by atoms with E-state index in [1.54, 1.807) is 31.6 Å². The summed E-state index contributed by atoms with van der Waals surface area (Å²) in [5.41, 5.74) is 3.19. The Morgan fingerprint density at radius 1 is 1.08 bits per heavy atom. The van der Waals surface area contributed by atoms with Gasteiger partial charge in [0, 0.05) is 18.0 Å². The maximum Gasteiger partial charge on any atom is 0.197 e. The van der Waals surface area contributed by atoms with Crippen LogP contribution in [0.25, 0.3) is 0 Å². The minimum Gasteiger partial charge on any atom is -0.484 e. The number of rotatable bonds is 5. The number of nitrogens with zero attached hydrogens (tertiary/aromatic N) is 2. The van der Waals surface area contributed by atoms with Gasteiger partial charge in [-0.15, -0.1) is 0 Å². The van der Waals surface area contributed by atoms with Crippen LogP contribution in [0.15, 0.2) is 53.8 Å². The predicted octanol–water partition coefficient (Wildman–Crippen LogP) is 4.45. The highest BCUT2D eigenvalue weighted by Crippen LogP contribution is 2.20. The Kier molecular flexibility index (Phi) is 6.24. The molecule has 0 bridgehead atoms. The van der Waals surface area contributed by atoms with Crippen LogP contribution >= 0.6 is 0 Å². The van der Waals surface area contributed by atoms with Gasteiger partial charge >= 0.3 is 0 Å². The van der Waals surface area contributed by atoms with Crippen molar-refractivity contribution >= 4 is 11.7 Å². The van der Waals surface area contributed by atoms with Gasteiger partial charge in [0.25, 0.3) is 0 Å². The third kappa shape index (κ3) is 4.75. The molecule has 2 aromatic rings. The highest BCUT2D eigenvalue weighted by atomic mass is 16.5. The molecule has 0 aliphatic heterocycles. The molecule has 0 amide bonds. The first-order valence-electron chi connectivity index (χ1n) is 8.21. The fourth-order valence-corrected chi connectivity index (χ4v) is 2.56. The molecule has 1 atom stereocenters. The second-order valence-corrected chi connectivity index (χ2v) is 6.30. The zero-order valence-corrected chi connectivity index (χ0v) is 14.8. The molecule has 4 nitrogen and oxygen atoms in total. The molecule has 2 rings (SSSR count). The van der Waals surface area contributed by atoms with Crippen molar-refractivity contribution in [2.24, 2.45) is 10.9 Å². The van der Waals surface area contributed by atoms with Gasteiger partial charge in [0.2, 0.25) is 0 Å². The molecule has 0 saturated carbocycles. The zero-order valence-electron chi connectivity index (χ0n) is 14.8. The van der Waals surface area contributed by atoms with Gasteiger partial charge in [-0.2, -0.15) is 4.99 Å². The van der Waals surface area contributed by atoms with Crippen LogP contribution in [0.5, 0.6) is 0 Å². The molecule has 0 radical (unpaired) electrons. The van der Waals surface area contributed by atoms with E-state index >= 15 is 0 Å². The van der Waals surface area contributed by atoms with Crippen molar-refractivity contribution in [1.29, 1.82) is 5.41 Å². The molecule has 0 saturated heterocycles. The SMILES string of the molecule is CO/C(=N\C(=N)c1ccncc1)C(C)c1ccc(CC(C)C)cc1. The van der Waals surface area contributed by atoms with E-state index in [-0.39, 0.29) is 11.8 Å². The van der Waals surface area contributed by atoms with E-state index in [0.29, 0.717) is 11.8 Å². The van der Waals surface area contributed by atoms with Gasteiger partial charge in [0.1, 0.15) is 0 Å². The van der Waals surface area contributed by atoms with E-state index in [9.17, 15) is 0 Å². The fourth-order valence-electron chi connectivity index (χ4n) is 2.56. The van der Waals surface area contributed by atoms with Crippen molar-refractivity contribution in [3.63, 3.8) is 0 Å². The average molecular weight is 323 g/mol. The highest BCUT2D eigenvalue weighted by Gasteiger charge is 2.15. The highest BCUT2D eigenvalue weighted by molar-refractivity contribution is 6.04. The van der Waals surface area contributed by atoms with E-state index in [1.807, 2.05) is 6.92 Å². The van der Waals surface area contributed by atoms with Gasteiger partial charge in [-0.25, -0.2) is 0 Å². The summed E-state index contributed by atoms with van der Waals surface area (Å²) in [5, 5.41) is 8.14. The van der Waals surface area contributed by atoms with Crippen LogP contribution in [0.1, 0.15) is 43.4 Å². The molecule has 0 spiro atoms. The molecule has 1 aromatic carbocycles. The molecule has 0 aliphatic carbocycles. The Morgan fingerprint density at radius 3 is 2.25 bits per heavy atom. The van der Waals surface area contributed by atoms with E-state index in [4.69, 9.17) is 10.1 Å². The molecule has 0 aliphatic rings. The summed E-state index contributed by atoms with van der Waals surface area (Å²) in [4.78, 5) is 8.32. The third-order valence-electron chi connectivity index (χ3n) is 3.88. The van der Waals surface area contributed by atoms with E-state index in [0.717, 1.165) is 17.5 Å². The number of amidine groups is 1. The summed E-state index contributed by atoms with van der Waals surface area (Å²) < 4.78 is 5.45. The van der Waals surface area contributed by atoms with Crippen LogP contribution in [-0.4, -0.2) is 23.8 Å². The lowest BCUT2D eigenvalue weighted by Crippen LogP contribution is -2.14. The van der Waals surface area contributed by atoms with Gasteiger partial charge in [-0.05, 0) is 42.5 Å². The quantitative estimate of drug-likeness (QED) is 0.652. The van der Waals surface area contributed by atoms with E-state index < -0.39 is 0 Å². The maximum absolute atomic E-state index is 8.14. The predicted molar refractivity (Wildman–Crippen MR) is 98.9 cm³/mol. The normalized spacial score (nSPS) is 13.0. The lowest BCUT2D eigenvalue weighted by molar-refractivity contribution is 0.385. The summed E-state index contributed by atoms with van der Waals surface area (Å²) in [5.74, 6) is 1.35. The van der Waals surface area contributed by atoms with Crippen LogP contribution in [0.4, 0.5) is 0 Å². The second kappa shape index (κ2) is 8.39. The monoisotopic (exact) mass is 323 g/mol. The Hall–Kier alpha value is -2.49. The maximum atomic E-state index is 8.14. The number of methoxy groups -OCH3 is 1. The standard InChI is InChI=1S/C20H25N3O/c1-14(2)13-16-5-7-17(8-6-16)15(3)20(24-4)23-19(21)18-9-11-22-12-10-18/h5-12,14-15,21H,13H2,1-4H3/b21-19?,23-20-. The molecule has 0 fully saturated rings. The average Bonchev–Trinajstić information content (AvgIpc) is 2.60. The van der Waals surface area contributed by atoms with Gasteiger partial charge < -0.3 is 4.74 Å². The molecule has 1 unspecified atom stereocenters. The second-order valence-electron chi connectivity index (χ2n) is 6.30. The molecule has 1 aromatic heterocycles. The van der Waals surface area contributed by atoms with Crippen molar-refractivity contribution in [2.75, 3.05) is 7.11 Å². The van der Waals surface area contributed by atoms with Gasteiger partial charge in [0.05, 0.1) is 13.0 Å². The minimum absolute atomic E-state index is 0.00899. The molecule has 1 heterocycles.